The van der Waals surface area contributed by atoms with Crippen molar-refractivity contribution in [1.29, 1.82) is 0 Å². The van der Waals surface area contributed by atoms with Crippen LogP contribution in [-0.4, -0.2) is 12.3 Å². The molecule has 1 unspecified atom stereocenters. The van der Waals surface area contributed by atoms with E-state index < -0.39 is 0 Å². The van der Waals surface area contributed by atoms with E-state index in [1.165, 1.54) is 89.3 Å². The highest BCUT2D eigenvalue weighted by Crippen LogP contribution is 2.48. The number of aryl methyl sites for hydroxylation is 1. The highest BCUT2D eigenvalue weighted by Gasteiger charge is 2.28. The molecule has 3 heterocycles. The number of thiazole rings is 1. The van der Waals surface area contributed by atoms with E-state index >= 15 is 0 Å². The molecule has 7 rings (SSSR count). The predicted octanol–water partition coefficient (Wildman–Crippen LogP) is 9.67. The molecule has 2 aliphatic carbocycles. The van der Waals surface area contributed by atoms with Gasteiger partial charge in [0.05, 0.1) is 16.3 Å². The van der Waals surface area contributed by atoms with E-state index in [1.54, 1.807) is 0 Å². The molecule has 0 bridgehead atoms. The lowest BCUT2D eigenvalue weighted by Crippen LogP contribution is -2.34. The normalized spacial score (nSPS) is 22.0. The Balaban J connectivity index is 1.21. The molecule has 0 N–H and O–H groups in total. The van der Waals surface area contributed by atoms with Crippen LogP contribution in [0.25, 0.3) is 22.4 Å². The summed E-state index contributed by atoms with van der Waals surface area (Å²) in [5.41, 5.74) is 9.90. The third-order valence-electron chi connectivity index (χ3n) is 8.48. The summed E-state index contributed by atoms with van der Waals surface area (Å²) >= 11 is 10.3. The van der Waals surface area contributed by atoms with Crippen LogP contribution in [0.4, 0.5) is 5.69 Å². The first-order valence-corrected chi connectivity index (χ1v) is 17.7. The summed E-state index contributed by atoms with van der Waals surface area (Å²) in [4.78, 5) is 5.24. The minimum atomic E-state index is 0.697. The fourth-order valence-electron chi connectivity index (χ4n) is 6.45. The Hall–Kier alpha value is -2.12. The molecule has 0 saturated heterocycles. The Labute approximate surface area is 256 Å². The molecule has 0 spiro atoms. The number of hydrogen-bond donors (Lipinski definition) is 1. The molecule has 0 radical (unpaired) electrons. The topological polar surface area (TPSA) is 7.12 Å². The largest absolute Gasteiger partial charge is 0.335 e. The number of thioether (sulfide) groups is 2. The van der Waals surface area contributed by atoms with E-state index in [4.69, 9.17) is 0 Å². The SMILES string of the molecule is CCN1C(=CC2=CC3=CC(=Cc4sc5ccc6c(c5[n+]4CC)C=CCS6)CCC3CC2)Sc2ccc(CS)cc21. The highest BCUT2D eigenvalue weighted by molar-refractivity contribution is 8.03. The van der Waals surface area contributed by atoms with Crippen molar-refractivity contribution in [2.24, 2.45) is 5.92 Å². The number of rotatable bonds is 5. The molecular weight excluding hydrogens is 565 g/mol. The van der Waals surface area contributed by atoms with E-state index in [-0.39, 0.29) is 0 Å². The van der Waals surface area contributed by atoms with Gasteiger partial charge in [0.2, 0.25) is 5.52 Å². The van der Waals surface area contributed by atoms with E-state index in [1.807, 2.05) is 34.9 Å². The van der Waals surface area contributed by atoms with Gasteiger partial charge in [-0.2, -0.15) is 17.2 Å². The number of allylic oxidation sites excluding steroid dienone is 6. The minimum absolute atomic E-state index is 0.697. The molecule has 1 atom stereocenters. The first-order chi connectivity index (χ1) is 19.6. The average molecular weight is 600 g/mol. The molecule has 6 heteroatoms. The number of fused-ring (bicyclic) bond motifs is 5. The number of hydrogen-bond acceptors (Lipinski definition) is 5. The molecule has 3 aromatic rings. The van der Waals surface area contributed by atoms with Crippen molar-refractivity contribution in [3.05, 3.63) is 92.5 Å². The average Bonchev–Trinajstić information content (AvgIpc) is 3.53. The second kappa shape index (κ2) is 11.3. The third-order valence-corrected chi connectivity index (χ3v) is 12.1. The highest BCUT2D eigenvalue weighted by atomic mass is 32.2. The number of aromatic nitrogens is 1. The monoisotopic (exact) mass is 599 g/mol. The number of nitrogens with zero attached hydrogens (tertiary/aromatic N) is 2. The summed E-state index contributed by atoms with van der Waals surface area (Å²) in [7, 11) is 0. The second-order valence-electron chi connectivity index (χ2n) is 10.9. The molecule has 1 aromatic heterocycles. The summed E-state index contributed by atoms with van der Waals surface area (Å²) in [6.07, 6.45) is 19.4. The summed E-state index contributed by atoms with van der Waals surface area (Å²) in [6.45, 7) is 6.51. The smallest absolute Gasteiger partial charge is 0.263 e. The van der Waals surface area contributed by atoms with Crippen molar-refractivity contribution in [3.8, 4) is 0 Å². The maximum Gasteiger partial charge on any atom is 0.263 e. The first-order valence-electron chi connectivity index (χ1n) is 14.5. The lowest BCUT2D eigenvalue weighted by Gasteiger charge is -2.28. The van der Waals surface area contributed by atoms with Gasteiger partial charge in [0.1, 0.15) is 11.2 Å². The molecular formula is C34H35N2S4+. The van der Waals surface area contributed by atoms with Gasteiger partial charge >= 0.3 is 0 Å². The summed E-state index contributed by atoms with van der Waals surface area (Å²) < 4.78 is 3.93. The lowest BCUT2D eigenvalue weighted by atomic mass is 9.77. The van der Waals surface area contributed by atoms with Crippen LogP contribution in [0.3, 0.4) is 0 Å². The van der Waals surface area contributed by atoms with Gasteiger partial charge in [-0.1, -0.05) is 53.5 Å². The van der Waals surface area contributed by atoms with Gasteiger partial charge in [0.15, 0.2) is 0 Å². The van der Waals surface area contributed by atoms with Gasteiger partial charge in [-0.05, 0) is 98.1 Å². The summed E-state index contributed by atoms with van der Waals surface area (Å²) in [5, 5.41) is 2.73. The summed E-state index contributed by atoms with van der Waals surface area (Å²) in [6, 6.07) is 11.4. The number of benzene rings is 2. The molecule has 4 aliphatic rings. The molecule has 0 saturated carbocycles. The van der Waals surface area contributed by atoms with Crippen LogP contribution in [0.2, 0.25) is 0 Å². The quantitative estimate of drug-likeness (QED) is 0.231. The molecule has 40 heavy (non-hydrogen) atoms. The molecule has 2 aliphatic heterocycles. The Bertz CT molecular complexity index is 1650. The Morgan fingerprint density at radius 1 is 1.05 bits per heavy atom. The van der Waals surface area contributed by atoms with Crippen LogP contribution < -0.4 is 9.47 Å². The Morgan fingerprint density at radius 2 is 1.93 bits per heavy atom. The van der Waals surface area contributed by atoms with Crippen LogP contribution in [-0.2, 0) is 12.3 Å². The van der Waals surface area contributed by atoms with Crippen LogP contribution >= 0.6 is 47.5 Å². The van der Waals surface area contributed by atoms with E-state index in [0.29, 0.717) is 5.92 Å². The van der Waals surface area contributed by atoms with Crippen molar-refractivity contribution in [2.45, 2.75) is 61.6 Å². The van der Waals surface area contributed by atoms with Crippen LogP contribution in [0.1, 0.15) is 55.7 Å². The molecule has 204 valence electrons. The van der Waals surface area contributed by atoms with Crippen molar-refractivity contribution in [2.75, 3.05) is 17.2 Å². The van der Waals surface area contributed by atoms with Gasteiger partial charge in [-0.15, -0.1) is 11.8 Å². The zero-order chi connectivity index (χ0) is 27.2. The van der Waals surface area contributed by atoms with Gasteiger partial charge in [0.25, 0.3) is 5.01 Å². The second-order valence-corrected chi connectivity index (χ2v) is 14.4. The first kappa shape index (κ1) is 26.8. The zero-order valence-corrected chi connectivity index (χ0v) is 26.5. The maximum atomic E-state index is 4.50. The Kier molecular flexibility index (Phi) is 7.55. The van der Waals surface area contributed by atoms with Crippen LogP contribution in [0, 0.1) is 5.92 Å². The third kappa shape index (κ3) is 4.85. The predicted molar refractivity (Wildman–Crippen MR) is 180 cm³/mol. The fraction of sp³-hybridized carbons (Fsp3) is 0.324. The van der Waals surface area contributed by atoms with Crippen molar-refractivity contribution in [1.82, 2.24) is 0 Å². The molecule has 0 amide bonds. The van der Waals surface area contributed by atoms with Gasteiger partial charge < -0.3 is 4.90 Å². The number of anilines is 1. The summed E-state index contributed by atoms with van der Waals surface area (Å²) in [5.74, 6) is 2.55. The van der Waals surface area contributed by atoms with Gasteiger partial charge in [0, 0.05) is 33.9 Å². The standard InChI is InChI=1S/C34H34N2S4/c1-3-35-28-18-24(21-37)9-12-30(28)39-32(35)19-22-7-10-25-11-8-23(17-26(25)16-22)20-33-36(4-2)34-27-6-5-15-38-29(27)13-14-31(34)40-33/h5-6,9,12-14,16-20,25H,3-4,7-8,10-11,15,21H2,1-2H3/p+1. The zero-order valence-electron chi connectivity index (χ0n) is 23.2. The van der Waals surface area contributed by atoms with Crippen molar-refractivity contribution >= 4 is 75.5 Å². The van der Waals surface area contributed by atoms with Crippen molar-refractivity contribution in [3.63, 3.8) is 0 Å². The van der Waals surface area contributed by atoms with E-state index in [0.717, 1.165) is 24.6 Å². The minimum Gasteiger partial charge on any atom is -0.335 e. The lowest BCUT2D eigenvalue weighted by molar-refractivity contribution is -0.665. The van der Waals surface area contributed by atoms with Crippen LogP contribution in [0.5, 0.6) is 0 Å². The Morgan fingerprint density at radius 3 is 2.77 bits per heavy atom. The van der Waals surface area contributed by atoms with E-state index in [9.17, 15) is 0 Å². The van der Waals surface area contributed by atoms with E-state index in [2.05, 4.69) is 103 Å². The number of thiol groups is 1. The fourth-order valence-corrected chi connectivity index (χ4v) is 9.91. The maximum absolute atomic E-state index is 4.50. The molecule has 2 aromatic carbocycles. The van der Waals surface area contributed by atoms with Gasteiger partial charge in [-0.3, -0.25) is 0 Å². The van der Waals surface area contributed by atoms with Gasteiger partial charge in [-0.25, -0.2) is 0 Å². The molecule has 2 nitrogen and oxygen atoms in total. The van der Waals surface area contributed by atoms with Crippen LogP contribution in [0.15, 0.2) is 86.2 Å². The van der Waals surface area contributed by atoms with Crippen molar-refractivity contribution < 1.29 is 4.57 Å². The molecule has 0 fully saturated rings.